The molecular weight excluding hydrogens is 222 g/mol. The second kappa shape index (κ2) is 5.35. The molecule has 0 aromatic heterocycles. The zero-order valence-electron chi connectivity index (χ0n) is 9.84. The normalized spacial score (nSPS) is 29.9. The number of nitrogens with zero attached hydrogens (tertiary/aromatic N) is 2. The lowest BCUT2D eigenvalue weighted by Gasteiger charge is -2.43. The second-order valence-corrected chi connectivity index (χ2v) is 4.62. The van der Waals surface area contributed by atoms with Gasteiger partial charge >= 0.3 is 0 Å². The van der Waals surface area contributed by atoms with Crippen molar-refractivity contribution in [2.45, 2.75) is 44.2 Å². The number of ether oxygens (including phenoxy) is 1. The van der Waals surface area contributed by atoms with E-state index >= 15 is 0 Å². The minimum atomic E-state index is -0.0690. The lowest BCUT2D eigenvalue weighted by atomic mass is 9.90. The molecule has 1 amide bonds. The van der Waals surface area contributed by atoms with Gasteiger partial charge in [-0.3, -0.25) is 4.79 Å². The molecule has 0 aromatic carbocycles. The summed E-state index contributed by atoms with van der Waals surface area (Å²) in [4.78, 5) is 13.9. The summed E-state index contributed by atoms with van der Waals surface area (Å²) in [6.07, 6.45) is 4.49. The van der Waals surface area contributed by atoms with Crippen molar-refractivity contribution in [2.24, 2.45) is 10.9 Å². The summed E-state index contributed by atoms with van der Waals surface area (Å²) < 4.78 is 5.69. The third-order valence-electron chi connectivity index (χ3n) is 3.51. The number of morpholine rings is 1. The quantitative estimate of drug-likeness (QED) is 0.315. The SMILES string of the molecule is NC(CC(=O)N1CCOC2CCCCC21)=NO. The van der Waals surface area contributed by atoms with Gasteiger partial charge in [-0.25, -0.2) is 0 Å². The fraction of sp³-hybridized carbons (Fsp3) is 0.818. The zero-order valence-corrected chi connectivity index (χ0v) is 9.84. The molecule has 1 saturated heterocycles. The van der Waals surface area contributed by atoms with E-state index < -0.39 is 0 Å². The van der Waals surface area contributed by atoms with Crippen molar-refractivity contribution in [2.75, 3.05) is 13.2 Å². The summed E-state index contributed by atoms with van der Waals surface area (Å²) in [7, 11) is 0. The largest absolute Gasteiger partial charge is 0.409 e. The van der Waals surface area contributed by atoms with Gasteiger partial charge in [-0.15, -0.1) is 0 Å². The van der Waals surface area contributed by atoms with E-state index in [0.29, 0.717) is 13.2 Å². The molecule has 1 saturated carbocycles. The number of oxime groups is 1. The van der Waals surface area contributed by atoms with Crippen LogP contribution in [0.1, 0.15) is 32.1 Å². The maximum atomic E-state index is 12.0. The van der Waals surface area contributed by atoms with Gasteiger partial charge in [0.2, 0.25) is 5.91 Å². The summed E-state index contributed by atoms with van der Waals surface area (Å²) in [5, 5.41) is 11.3. The predicted octanol–water partition coefficient (Wildman–Crippen LogP) is 0.293. The molecule has 1 aliphatic carbocycles. The molecule has 0 radical (unpaired) electrons. The van der Waals surface area contributed by atoms with Crippen molar-refractivity contribution in [3.05, 3.63) is 0 Å². The highest BCUT2D eigenvalue weighted by atomic mass is 16.5. The average molecular weight is 241 g/mol. The Kier molecular flexibility index (Phi) is 3.83. The first kappa shape index (κ1) is 12.2. The van der Waals surface area contributed by atoms with Crippen LogP contribution in [-0.4, -0.2) is 47.1 Å². The number of hydrogen-bond donors (Lipinski definition) is 2. The number of nitrogens with two attached hydrogens (primary N) is 1. The van der Waals surface area contributed by atoms with Gasteiger partial charge in [0.15, 0.2) is 0 Å². The lowest BCUT2D eigenvalue weighted by Crippen LogP contribution is -2.55. The zero-order chi connectivity index (χ0) is 12.3. The molecule has 96 valence electrons. The Bertz CT molecular complexity index is 317. The van der Waals surface area contributed by atoms with Crippen LogP contribution in [0, 0.1) is 0 Å². The van der Waals surface area contributed by atoms with Gasteiger partial charge < -0.3 is 20.6 Å². The first-order valence-corrected chi connectivity index (χ1v) is 6.10. The van der Waals surface area contributed by atoms with Gasteiger partial charge in [0.1, 0.15) is 5.84 Å². The standard InChI is InChI=1S/C11H19N3O3/c12-10(13-16)7-11(15)14-5-6-17-9-4-2-1-3-8(9)14/h8-9,16H,1-7H2,(H2,12,13). The molecule has 0 bridgehead atoms. The number of amidine groups is 1. The lowest BCUT2D eigenvalue weighted by molar-refractivity contribution is -0.148. The molecule has 0 aromatic rings. The Morgan fingerprint density at radius 2 is 2.24 bits per heavy atom. The molecular formula is C11H19N3O3. The fourth-order valence-corrected chi connectivity index (χ4v) is 2.70. The molecule has 2 aliphatic rings. The van der Waals surface area contributed by atoms with Crippen molar-refractivity contribution in [3.63, 3.8) is 0 Å². The number of carbonyl (C=O) groups excluding carboxylic acids is 1. The minimum absolute atomic E-state index is 0.0142. The van der Waals surface area contributed by atoms with Crippen molar-refractivity contribution in [1.29, 1.82) is 0 Å². The average Bonchev–Trinajstić information content (AvgIpc) is 2.37. The number of carbonyl (C=O) groups is 1. The topological polar surface area (TPSA) is 88.2 Å². The van der Waals surface area contributed by atoms with Crippen molar-refractivity contribution >= 4 is 11.7 Å². The number of amides is 1. The van der Waals surface area contributed by atoms with Gasteiger partial charge in [-0.1, -0.05) is 18.0 Å². The van der Waals surface area contributed by atoms with Crippen LogP contribution in [0.3, 0.4) is 0 Å². The Balaban J connectivity index is 2.00. The van der Waals surface area contributed by atoms with E-state index in [2.05, 4.69) is 5.16 Å². The summed E-state index contributed by atoms with van der Waals surface area (Å²) in [6.45, 7) is 1.20. The van der Waals surface area contributed by atoms with E-state index in [1.165, 1.54) is 6.42 Å². The Morgan fingerprint density at radius 1 is 1.47 bits per heavy atom. The third-order valence-corrected chi connectivity index (χ3v) is 3.51. The third kappa shape index (κ3) is 2.69. The van der Waals surface area contributed by atoms with E-state index in [1.807, 2.05) is 4.90 Å². The van der Waals surface area contributed by atoms with Gasteiger partial charge in [-0.05, 0) is 12.8 Å². The van der Waals surface area contributed by atoms with E-state index in [0.717, 1.165) is 19.3 Å². The molecule has 2 fully saturated rings. The molecule has 2 unspecified atom stereocenters. The summed E-state index contributed by atoms with van der Waals surface area (Å²) in [5.74, 6) is -0.102. The van der Waals surface area contributed by atoms with Crippen LogP contribution in [-0.2, 0) is 9.53 Å². The number of fused-ring (bicyclic) bond motifs is 1. The van der Waals surface area contributed by atoms with Crippen LogP contribution >= 0.6 is 0 Å². The Labute approximate surface area is 100 Å². The molecule has 3 N–H and O–H groups in total. The molecule has 0 spiro atoms. The van der Waals surface area contributed by atoms with E-state index in [9.17, 15) is 4.79 Å². The number of hydrogen-bond acceptors (Lipinski definition) is 4. The van der Waals surface area contributed by atoms with Crippen LogP contribution in [0.2, 0.25) is 0 Å². The van der Waals surface area contributed by atoms with Crippen LogP contribution in [0.5, 0.6) is 0 Å². The van der Waals surface area contributed by atoms with Crippen LogP contribution in [0.15, 0.2) is 5.16 Å². The molecule has 1 aliphatic heterocycles. The molecule has 6 nitrogen and oxygen atoms in total. The van der Waals surface area contributed by atoms with E-state index in [-0.39, 0.29) is 30.3 Å². The highest BCUT2D eigenvalue weighted by molar-refractivity contribution is 5.98. The minimum Gasteiger partial charge on any atom is -0.409 e. The molecule has 6 heteroatoms. The first-order chi connectivity index (χ1) is 8.22. The van der Waals surface area contributed by atoms with Crippen LogP contribution < -0.4 is 5.73 Å². The molecule has 2 rings (SSSR count). The summed E-state index contributed by atoms with van der Waals surface area (Å²) >= 11 is 0. The van der Waals surface area contributed by atoms with Gasteiger partial charge in [-0.2, -0.15) is 0 Å². The van der Waals surface area contributed by atoms with Gasteiger partial charge in [0.05, 0.1) is 25.2 Å². The number of rotatable bonds is 2. The highest BCUT2D eigenvalue weighted by Crippen LogP contribution is 2.28. The van der Waals surface area contributed by atoms with Crippen molar-refractivity contribution < 1.29 is 14.7 Å². The molecule has 17 heavy (non-hydrogen) atoms. The van der Waals surface area contributed by atoms with Crippen molar-refractivity contribution in [3.8, 4) is 0 Å². The van der Waals surface area contributed by atoms with Gasteiger partial charge in [0, 0.05) is 6.54 Å². The van der Waals surface area contributed by atoms with E-state index in [4.69, 9.17) is 15.7 Å². The van der Waals surface area contributed by atoms with Crippen molar-refractivity contribution in [1.82, 2.24) is 4.90 Å². The Morgan fingerprint density at radius 3 is 3.00 bits per heavy atom. The maximum absolute atomic E-state index is 12.0. The second-order valence-electron chi connectivity index (χ2n) is 4.62. The monoisotopic (exact) mass is 241 g/mol. The van der Waals surface area contributed by atoms with Gasteiger partial charge in [0.25, 0.3) is 0 Å². The fourth-order valence-electron chi connectivity index (χ4n) is 2.70. The highest BCUT2D eigenvalue weighted by Gasteiger charge is 2.36. The Hall–Kier alpha value is -1.30. The first-order valence-electron chi connectivity index (χ1n) is 6.10. The summed E-state index contributed by atoms with van der Waals surface area (Å²) in [6, 6.07) is 0.177. The maximum Gasteiger partial charge on any atom is 0.230 e. The van der Waals surface area contributed by atoms with E-state index in [1.54, 1.807) is 0 Å². The van der Waals surface area contributed by atoms with Crippen LogP contribution in [0.4, 0.5) is 0 Å². The molecule has 2 atom stereocenters. The molecule has 1 heterocycles. The summed E-state index contributed by atoms with van der Waals surface area (Å²) in [5.41, 5.74) is 5.37. The smallest absolute Gasteiger partial charge is 0.230 e. The predicted molar refractivity (Wildman–Crippen MR) is 61.7 cm³/mol. The van der Waals surface area contributed by atoms with Crippen LogP contribution in [0.25, 0.3) is 0 Å².